The van der Waals surface area contributed by atoms with Gasteiger partial charge in [0.05, 0.1) is 5.69 Å². The summed E-state index contributed by atoms with van der Waals surface area (Å²) in [4.78, 5) is 4.72. The average Bonchev–Trinajstić information content (AvgIpc) is 2.79. The standard InChI is InChI=1S/C16H21N3O/c1-19-9-4-12-2-3-13(18-14(12)19)16(20)7-5-15(6-8-16)10-17-11-15/h2-4,9,17,20H,5-8,10-11H2,1H3. The van der Waals surface area contributed by atoms with Gasteiger partial charge in [-0.25, -0.2) is 4.98 Å². The van der Waals surface area contributed by atoms with Gasteiger partial charge in [0.2, 0.25) is 0 Å². The van der Waals surface area contributed by atoms with Gasteiger partial charge in [-0.05, 0) is 49.3 Å². The van der Waals surface area contributed by atoms with E-state index in [2.05, 4.69) is 17.4 Å². The van der Waals surface area contributed by atoms with Crippen molar-refractivity contribution < 1.29 is 5.11 Å². The van der Waals surface area contributed by atoms with Crippen LogP contribution < -0.4 is 5.32 Å². The lowest BCUT2D eigenvalue weighted by Crippen LogP contribution is -2.56. The van der Waals surface area contributed by atoms with Gasteiger partial charge < -0.3 is 15.0 Å². The Balaban J connectivity index is 1.66. The van der Waals surface area contributed by atoms with Crippen LogP contribution >= 0.6 is 0 Å². The third-order valence-corrected chi connectivity index (χ3v) is 5.33. The molecule has 1 saturated carbocycles. The molecule has 106 valence electrons. The van der Waals surface area contributed by atoms with Crippen molar-refractivity contribution >= 4 is 11.0 Å². The molecule has 0 amide bonds. The van der Waals surface area contributed by atoms with Crippen LogP contribution in [0.3, 0.4) is 0 Å². The first kappa shape index (κ1) is 12.4. The summed E-state index contributed by atoms with van der Waals surface area (Å²) in [5, 5.41) is 15.5. The Bertz CT molecular complexity index is 647. The van der Waals surface area contributed by atoms with Crippen molar-refractivity contribution in [2.75, 3.05) is 13.1 Å². The van der Waals surface area contributed by atoms with Crippen LogP contribution in [-0.4, -0.2) is 27.7 Å². The first-order valence-corrected chi connectivity index (χ1v) is 7.46. The van der Waals surface area contributed by atoms with E-state index in [-0.39, 0.29) is 0 Å². The van der Waals surface area contributed by atoms with Crippen molar-refractivity contribution in [3.8, 4) is 0 Å². The molecule has 1 spiro atoms. The largest absolute Gasteiger partial charge is 0.384 e. The molecule has 4 heteroatoms. The fourth-order valence-corrected chi connectivity index (χ4v) is 3.68. The first-order valence-electron chi connectivity index (χ1n) is 7.46. The van der Waals surface area contributed by atoms with Crippen LogP contribution in [0.2, 0.25) is 0 Å². The van der Waals surface area contributed by atoms with Gasteiger partial charge in [-0.15, -0.1) is 0 Å². The van der Waals surface area contributed by atoms with Gasteiger partial charge in [0.1, 0.15) is 11.2 Å². The zero-order valence-electron chi connectivity index (χ0n) is 11.9. The van der Waals surface area contributed by atoms with Crippen LogP contribution in [0.15, 0.2) is 24.4 Å². The van der Waals surface area contributed by atoms with Crippen LogP contribution in [-0.2, 0) is 12.6 Å². The summed E-state index contributed by atoms with van der Waals surface area (Å²) in [6.07, 6.45) is 5.88. The minimum Gasteiger partial charge on any atom is -0.384 e. The predicted molar refractivity (Wildman–Crippen MR) is 78.4 cm³/mol. The van der Waals surface area contributed by atoms with Gasteiger partial charge >= 0.3 is 0 Å². The second-order valence-electron chi connectivity index (χ2n) is 6.67. The molecule has 0 atom stereocenters. The highest BCUT2D eigenvalue weighted by Gasteiger charge is 2.46. The van der Waals surface area contributed by atoms with E-state index in [0.29, 0.717) is 5.41 Å². The number of hydrogen-bond acceptors (Lipinski definition) is 3. The van der Waals surface area contributed by atoms with Gasteiger partial charge in [0.15, 0.2) is 0 Å². The third kappa shape index (κ3) is 1.71. The molecule has 1 aliphatic carbocycles. The number of pyridine rings is 1. The van der Waals surface area contributed by atoms with Crippen molar-refractivity contribution in [3.63, 3.8) is 0 Å². The Morgan fingerprint density at radius 3 is 2.55 bits per heavy atom. The Morgan fingerprint density at radius 1 is 1.15 bits per heavy atom. The summed E-state index contributed by atoms with van der Waals surface area (Å²) >= 11 is 0. The van der Waals surface area contributed by atoms with E-state index < -0.39 is 5.60 Å². The normalized spacial score (nSPS) is 23.9. The van der Waals surface area contributed by atoms with Crippen molar-refractivity contribution in [1.82, 2.24) is 14.9 Å². The van der Waals surface area contributed by atoms with E-state index in [1.807, 2.05) is 23.9 Å². The van der Waals surface area contributed by atoms with E-state index in [9.17, 15) is 5.11 Å². The molecule has 0 bridgehead atoms. The number of nitrogens with one attached hydrogen (secondary N) is 1. The number of aryl methyl sites for hydroxylation is 1. The molecular weight excluding hydrogens is 250 g/mol. The zero-order chi connectivity index (χ0) is 13.8. The molecule has 2 fully saturated rings. The fraction of sp³-hybridized carbons (Fsp3) is 0.562. The Morgan fingerprint density at radius 2 is 1.90 bits per heavy atom. The lowest BCUT2D eigenvalue weighted by molar-refractivity contribution is -0.0561. The molecule has 0 aromatic carbocycles. The molecule has 20 heavy (non-hydrogen) atoms. The number of rotatable bonds is 1. The van der Waals surface area contributed by atoms with E-state index in [0.717, 1.165) is 55.5 Å². The Hall–Kier alpha value is -1.39. The summed E-state index contributed by atoms with van der Waals surface area (Å²) in [6, 6.07) is 6.14. The van der Waals surface area contributed by atoms with Crippen molar-refractivity contribution in [3.05, 3.63) is 30.1 Å². The summed E-state index contributed by atoms with van der Waals surface area (Å²) < 4.78 is 2.02. The molecule has 0 unspecified atom stereocenters. The lowest BCUT2D eigenvalue weighted by atomic mass is 9.64. The van der Waals surface area contributed by atoms with E-state index in [4.69, 9.17) is 4.98 Å². The summed E-state index contributed by atoms with van der Waals surface area (Å²) in [6.45, 7) is 2.24. The summed E-state index contributed by atoms with van der Waals surface area (Å²) in [5.74, 6) is 0. The first-order chi connectivity index (χ1) is 9.60. The topological polar surface area (TPSA) is 50.1 Å². The second-order valence-corrected chi connectivity index (χ2v) is 6.67. The molecule has 2 aromatic heterocycles. The number of aliphatic hydroxyl groups is 1. The molecule has 3 heterocycles. The highest BCUT2D eigenvalue weighted by Crippen LogP contribution is 2.47. The van der Waals surface area contributed by atoms with Gasteiger partial charge in [-0.3, -0.25) is 0 Å². The highest BCUT2D eigenvalue weighted by molar-refractivity contribution is 5.76. The summed E-state index contributed by atoms with van der Waals surface area (Å²) in [5.41, 5.74) is 1.52. The van der Waals surface area contributed by atoms with E-state index in [1.165, 1.54) is 0 Å². The average molecular weight is 271 g/mol. The molecule has 0 radical (unpaired) electrons. The predicted octanol–water partition coefficient (Wildman–Crippen LogP) is 1.92. The number of nitrogens with zero attached hydrogens (tertiary/aromatic N) is 2. The van der Waals surface area contributed by atoms with Gasteiger partial charge in [-0.2, -0.15) is 0 Å². The summed E-state index contributed by atoms with van der Waals surface area (Å²) in [7, 11) is 2.00. The molecule has 4 nitrogen and oxygen atoms in total. The molecule has 1 aliphatic heterocycles. The molecular formula is C16H21N3O. The number of hydrogen-bond donors (Lipinski definition) is 2. The van der Waals surface area contributed by atoms with E-state index in [1.54, 1.807) is 0 Å². The lowest BCUT2D eigenvalue weighted by Gasteiger charge is -2.49. The van der Waals surface area contributed by atoms with Gasteiger partial charge in [0.25, 0.3) is 0 Å². The van der Waals surface area contributed by atoms with Crippen LogP contribution in [0.1, 0.15) is 31.4 Å². The third-order valence-electron chi connectivity index (χ3n) is 5.33. The maximum Gasteiger partial charge on any atom is 0.140 e. The van der Waals surface area contributed by atoms with Gasteiger partial charge in [0, 0.05) is 31.7 Å². The molecule has 1 saturated heterocycles. The van der Waals surface area contributed by atoms with Crippen LogP contribution in [0, 0.1) is 5.41 Å². The Labute approximate surface area is 118 Å². The maximum atomic E-state index is 11.0. The van der Waals surface area contributed by atoms with Gasteiger partial charge in [-0.1, -0.05) is 0 Å². The number of fused-ring (bicyclic) bond motifs is 1. The molecule has 2 aromatic rings. The monoisotopic (exact) mass is 271 g/mol. The second kappa shape index (κ2) is 4.06. The van der Waals surface area contributed by atoms with Crippen LogP contribution in [0.25, 0.3) is 11.0 Å². The SMILES string of the molecule is Cn1ccc2ccc(C3(O)CCC4(CC3)CNC4)nc21. The van der Waals surface area contributed by atoms with Crippen molar-refractivity contribution in [1.29, 1.82) is 0 Å². The Kier molecular flexibility index (Phi) is 2.51. The molecule has 4 rings (SSSR count). The fourth-order valence-electron chi connectivity index (χ4n) is 3.68. The molecule has 2 N–H and O–H groups in total. The minimum atomic E-state index is -0.737. The van der Waals surface area contributed by atoms with Crippen LogP contribution in [0.5, 0.6) is 0 Å². The van der Waals surface area contributed by atoms with E-state index >= 15 is 0 Å². The zero-order valence-corrected chi connectivity index (χ0v) is 11.9. The maximum absolute atomic E-state index is 11.0. The highest BCUT2D eigenvalue weighted by atomic mass is 16.3. The van der Waals surface area contributed by atoms with Crippen molar-refractivity contribution in [2.45, 2.75) is 31.3 Å². The van der Waals surface area contributed by atoms with Crippen molar-refractivity contribution in [2.24, 2.45) is 12.5 Å². The smallest absolute Gasteiger partial charge is 0.140 e. The van der Waals surface area contributed by atoms with Crippen LogP contribution in [0.4, 0.5) is 0 Å². The minimum absolute atomic E-state index is 0.460. The molecule has 2 aliphatic rings. The number of aromatic nitrogens is 2. The quantitative estimate of drug-likeness (QED) is 0.833.